The second-order valence-corrected chi connectivity index (χ2v) is 6.56. The summed E-state index contributed by atoms with van der Waals surface area (Å²) in [5.41, 5.74) is 0. The molecule has 5 heteroatoms. The van der Waals surface area contributed by atoms with Gasteiger partial charge in [0.1, 0.15) is 18.5 Å². The van der Waals surface area contributed by atoms with Crippen LogP contribution in [0.1, 0.15) is 12.8 Å². The van der Waals surface area contributed by atoms with E-state index in [0.717, 1.165) is 6.54 Å². The number of halogens is 1. The molecule has 1 saturated heterocycles. The van der Waals surface area contributed by atoms with Crippen molar-refractivity contribution in [2.45, 2.75) is 24.2 Å². The highest BCUT2D eigenvalue weighted by atomic mass is 35.5. The molecule has 3 nitrogen and oxygen atoms in total. The van der Waals surface area contributed by atoms with Gasteiger partial charge in [-0.3, -0.25) is 0 Å². The van der Waals surface area contributed by atoms with E-state index in [0.29, 0.717) is 22.6 Å². The minimum absolute atomic E-state index is 0.283. The fourth-order valence-electron chi connectivity index (χ4n) is 2.02. The molecule has 1 aromatic carbocycles. The molecule has 106 valence electrons. The molecule has 1 fully saturated rings. The highest BCUT2D eigenvalue weighted by Gasteiger charge is 2.15. The second kappa shape index (κ2) is 8.00. The van der Waals surface area contributed by atoms with Crippen LogP contribution in [0.3, 0.4) is 0 Å². The van der Waals surface area contributed by atoms with Crippen LogP contribution in [0.2, 0.25) is 5.02 Å². The van der Waals surface area contributed by atoms with E-state index in [1.807, 2.05) is 23.9 Å². The number of thioether (sulfide) groups is 1. The highest BCUT2D eigenvalue weighted by Crippen LogP contribution is 2.25. The monoisotopic (exact) mass is 301 g/mol. The van der Waals surface area contributed by atoms with Crippen molar-refractivity contribution in [3.05, 3.63) is 29.3 Å². The number of hydrogen-bond donors (Lipinski definition) is 2. The van der Waals surface area contributed by atoms with Gasteiger partial charge in [-0.2, -0.15) is 11.8 Å². The Hall–Kier alpha value is -0.420. The Bertz CT molecular complexity index is 385. The van der Waals surface area contributed by atoms with E-state index in [1.54, 1.807) is 12.1 Å². The summed E-state index contributed by atoms with van der Waals surface area (Å²) in [5, 5.41) is 14.5. The van der Waals surface area contributed by atoms with Crippen molar-refractivity contribution < 1.29 is 9.84 Å². The summed E-state index contributed by atoms with van der Waals surface area (Å²) < 4.78 is 5.49. The predicted molar refractivity (Wildman–Crippen MR) is 81.3 cm³/mol. The number of hydrogen-bond acceptors (Lipinski definition) is 4. The number of benzene rings is 1. The summed E-state index contributed by atoms with van der Waals surface area (Å²) in [5.74, 6) is 1.96. The molecule has 0 spiro atoms. The van der Waals surface area contributed by atoms with Crippen LogP contribution in [0.5, 0.6) is 5.75 Å². The zero-order chi connectivity index (χ0) is 13.5. The zero-order valence-corrected chi connectivity index (χ0v) is 12.4. The van der Waals surface area contributed by atoms with Crippen LogP contribution in [0.15, 0.2) is 24.3 Å². The number of aliphatic hydroxyl groups excluding tert-OH is 1. The number of ether oxygens (including phenoxy) is 1. The summed E-state index contributed by atoms with van der Waals surface area (Å²) in [6, 6.07) is 7.21. The third-order valence-corrected chi connectivity index (χ3v) is 4.65. The molecule has 0 bridgehead atoms. The summed E-state index contributed by atoms with van der Waals surface area (Å²) in [6.45, 7) is 1.82. The first kappa shape index (κ1) is 15.0. The molecule has 2 rings (SSSR count). The molecule has 0 radical (unpaired) electrons. The van der Waals surface area contributed by atoms with E-state index in [-0.39, 0.29) is 6.61 Å². The summed E-state index contributed by atoms with van der Waals surface area (Å²) in [4.78, 5) is 0. The first-order valence-electron chi connectivity index (χ1n) is 6.63. The molecule has 1 heterocycles. The number of aliphatic hydroxyl groups is 1. The molecule has 2 unspecified atom stereocenters. The van der Waals surface area contributed by atoms with Crippen LogP contribution in [-0.4, -0.2) is 41.9 Å². The van der Waals surface area contributed by atoms with Crippen molar-refractivity contribution >= 4 is 23.4 Å². The minimum atomic E-state index is -0.495. The smallest absolute Gasteiger partial charge is 0.120 e. The second-order valence-electron chi connectivity index (χ2n) is 4.72. The largest absolute Gasteiger partial charge is 0.491 e. The van der Waals surface area contributed by atoms with Crippen LogP contribution < -0.4 is 10.1 Å². The molecular weight excluding hydrogens is 282 g/mol. The van der Waals surface area contributed by atoms with E-state index in [4.69, 9.17) is 16.3 Å². The fourth-order valence-corrected chi connectivity index (χ4v) is 3.44. The van der Waals surface area contributed by atoms with Crippen LogP contribution in [0.4, 0.5) is 0 Å². The van der Waals surface area contributed by atoms with Crippen LogP contribution in [0.25, 0.3) is 0 Å². The zero-order valence-electron chi connectivity index (χ0n) is 10.8. The lowest BCUT2D eigenvalue weighted by Crippen LogP contribution is -2.34. The topological polar surface area (TPSA) is 41.5 Å². The summed E-state index contributed by atoms with van der Waals surface area (Å²) >= 11 is 7.88. The normalized spacial score (nSPS) is 20.4. The van der Waals surface area contributed by atoms with Gasteiger partial charge < -0.3 is 15.2 Å². The van der Waals surface area contributed by atoms with Crippen LogP contribution >= 0.6 is 23.4 Å². The molecule has 0 amide bonds. The van der Waals surface area contributed by atoms with E-state index in [2.05, 4.69) is 5.32 Å². The van der Waals surface area contributed by atoms with Gasteiger partial charge in [-0.1, -0.05) is 17.7 Å². The van der Waals surface area contributed by atoms with Gasteiger partial charge >= 0.3 is 0 Å². The van der Waals surface area contributed by atoms with E-state index >= 15 is 0 Å². The molecule has 19 heavy (non-hydrogen) atoms. The first-order chi connectivity index (χ1) is 9.24. The molecule has 0 aliphatic carbocycles. The van der Waals surface area contributed by atoms with Gasteiger partial charge in [0.2, 0.25) is 0 Å². The maximum atomic E-state index is 9.83. The van der Waals surface area contributed by atoms with Gasteiger partial charge in [-0.05, 0) is 36.8 Å². The number of rotatable bonds is 7. The molecule has 1 aliphatic rings. The van der Waals surface area contributed by atoms with Crippen LogP contribution in [0, 0.1) is 0 Å². The Labute approximate surface area is 123 Å². The fraction of sp³-hybridized carbons (Fsp3) is 0.571. The van der Waals surface area contributed by atoms with Crippen molar-refractivity contribution in [1.82, 2.24) is 5.32 Å². The van der Waals surface area contributed by atoms with Gasteiger partial charge in [0.15, 0.2) is 0 Å². The SMILES string of the molecule is OC(CNCC1CCCS1)COc1cccc(Cl)c1. The average Bonchev–Trinajstić information content (AvgIpc) is 2.90. The van der Waals surface area contributed by atoms with Gasteiger partial charge in [0, 0.05) is 23.4 Å². The molecule has 1 aromatic rings. The number of nitrogens with one attached hydrogen (secondary N) is 1. The Balaban J connectivity index is 1.60. The van der Waals surface area contributed by atoms with E-state index in [1.165, 1.54) is 18.6 Å². The Kier molecular flexibility index (Phi) is 6.31. The molecule has 0 saturated carbocycles. The summed E-state index contributed by atoms with van der Waals surface area (Å²) in [6.07, 6.45) is 2.11. The lowest BCUT2D eigenvalue weighted by atomic mass is 10.2. The molecule has 0 aromatic heterocycles. The van der Waals surface area contributed by atoms with Crippen molar-refractivity contribution in [2.24, 2.45) is 0 Å². The minimum Gasteiger partial charge on any atom is -0.491 e. The molecule has 2 atom stereocenters. The Morgan fingerprint density at radius 3 is 3.16 bits per heavy atom. The standard InChI is InChI=1S/C14H20ClNO2S/c15-11-3-1-4-13(7-11)18-10-12(17)8-16-9-14-5-2-6-19-14/h1,3-4,7,12,14,16-17H,2,5-6,8-10H2. The quantitative estimate of drug-likeness (QED) is 0.812. The third-order valence-electron chi connectivity index (χ3n) is 3.01. The molecular formula is C14H20ClNO2S. The average molecular weight is 302 g/mol. The lowest BCUT2D eigenvalue weighted by molar-refractivity contribution is 0.106. The van der Waals surface area contributed by atoms with E-state index in [9.17, 15) is 5.11 Å². The third kappa shape index (κ3) is 5.61. The van der Waals surface area contributed by atoms with Gasteiger partial charge in [0.05, 0.1) is 0 Å². The summed E-state index contributed by atoms with van der Waals surface area (Å²) in [7, 11) is 0. The van der Waals surface area contributed by atoms with Gasteiger partial charge in [-0.15, -0.1) is 0 Å². The molecule has 1 aliphatic heterocycles. The highest BCUT2D eigenvalue weighted by molar-refractivity contribution is 8.00. The maximum Gasteiger partial charge on any atom is 0.120 e. The molecule has 2 N–H and O–H groups in total. The predicted octanol–water partition coefficient (Wildman–Crippen LogP) is 2.56. The van der Waals surface area contributed by atoms with Gasteiger partial charge in [0.25, 0.3) is 0 Å². The van der Waals surface area contributed by atoms with E-state index < -0.39 is 6.10 Å². The first-order valence-corrected chi connectivity index (χ1v) is 8.05. The van der Waals surface area contributed by atoms with Crippen molar-refractivity contribution in [1.29, 1.82) is 0 Å². The Morgan fingerprint density at radius 2 is 2.42 bits per heavy atom. The van der Waals surface area contributed by atoms with Gasteiger partial charge in [-0.25, -0.2) is 0 Å². The van der Waals surface area contributed by atoms with Crippen molar-refractivity contribution in [3.63, 3.8) is 0 Å². The Morgan fingerprint density at radius 1 is 1.53 bits per heavy atom. The van der Waals surface area contributed by atoms with Crippen molar-refractivity contribution in [3.8, 4) is 5.75 Å². The van der Waals surface area contributed by atoms with Crippen LogP contribution in [-0.2, 0) is 0 Å². The maximum absolute atomic E-state index is 9.83. The lowest BCUT2D eigenvalue weighted by Gasteiger charge is -2.15. The van der Waals surface area contributed by atoms with Crippen molar-refractivity contribution in [2.75, 3.05) is 25.4 Å².